The van der Waals surface area contributed by atoms with E-state index in [1.54, 1.807) is 20.8 Å². The first-order valence-corrected chi connectivity index (χ1v) is 24.9. The van der Waals surface area contributed by atoms with Crippen LogP contribution < -0.4 is 4.74 Å². The molecule has 0 radical (unpaired) electrons. The molecule has 0 spiro atoms. The van der Waals surface area contributed by atoms with E-state index in [0.717, 1.165) is 0 Å². The summed E-state index contributed by atoms with van der Waals surface area (Å²) in [6.07, 6.45) is -21.3. The highest BCUT2D eigenvalue weighted by molar-refractivity contribution is 6.11. The molecule has 7 N–H and O–H groups in total. The number of aromatic hydroxyl groups is 2. The first kappa shape index (κ1) is 57.5. The molecule has 4 fully saturated rings. The lowest BCUT2D eigenvalue weighted by Crippen LogP contribution is -2.59. The monoisotopic (exact) mass is 1050 g/mol. The lowest BCUT2D eigenvalue weighted by atomic mass is 9.75. The molecule has 23 nitrogen and oxygen atoms in total. The summed E-state index contributed by atoms with van der Waals surface area (Å²) < 4.78 is 71.5. The molecule has 0 bridgehead atoms. The lowest BCUT2D eigenvalue weighted by Gasteiger charge is -2.46. The van der Waals surface area contributed by atoms with Gasteiger partial charge in [0, 0.05) is 65.2 Å². The Balaban J connectivity index is 1.16. The van der Waals surface area contributed by atoms with Gasteiger partial charge in [0.1, 0.15) is 65.6 Å². The number of carbonyl (C=O) groups excluding carboxylic acids is 4. The van der Waals surface area contributed by atoms with Crippen molar-refractivity contribution in [3.8, 4) is 17.2 Å². The Labute approximate surface area is 428 Å². The van der Waals surface area contributed by atoms with Crippen molar-refractivity contribution in [2.75, 3.05) is 14.2 Å². The number of Topliss-reactive ketones (excluding diaryl/α,β-unsaturated/α-hetero) is 2. The van der Waals surface area contributed by atoms with Crippen LogP contribution >= 0.6 is 0 Å². The molecule has 2 aromatic carbocycles. The van der Waals surface area contributed by atoms with Crippen LogP contribution in [0.2, 0.25) is 0 Å². The van der Waals surface area contributed by atoms with Gasteiger partial charge in [-0.2, -0.15) is 0 Å². The van der Waals surface area contributed by atoms with Gasteiger partial charge in [-0.3, -0.25) is 19.2 Å². The zero-order valence-corrected chi connectivity index (χ0v) is 43.4. The number of phenolic OH excluding ortho intramolecular Hbond substituents is 2. The molecule has 4 aliphatic heterocycles. The number of aliphatic hydroxyl groups excluding tert-OH is 4. The van der Waals surface area contributed by atoms with Crippen LogP contribution in [0.5, 0.6) is 17.2 Å². The minimum atomic E-state index is -1.94. The fraction of sp³-hybridized carbons (Fsp3) is 0.725. The fourth-order valence-electron chi connectivity index (χ4n) is 11.0. The normalized spacial score (nSPS) is 37.8. The topological polar surface area (TPSA) is 321 Å². The SMILES string of the molecule is COC(C(=O)C(O)C(C)O)C1Cc2cc3cc(OC4CC(OC(C)=O)C(OC5CC(O)C(OC)C(C)O5)C(C)O4)c(C)c(O)c3c(O)c2C(=O)C1OC1CC(OC2CC(C)(O)C(OC(C)=O)C(C)O2)C(O)C(C)O1. The van der Waals surface area contributed by atoms with Crippen LogP contribution in [-0.2, 0) is 72.9 Å². The molecule has 4 saturated heterocycles. The zero-order chi connectivity index (χ0) is 54.4. The molecule has 74 heavy (non-hydrogen) atoms. The molecule has 4 heterocycles. The van der Waals surface area contributed by atoms with Crippen molar-refractivity contribution < 1.29 is 112 Å². The smallest absolute Gasteiger partial charge is 0.303 e. The number of hydrogen-bond acceptors (Lipinski definition) is 23. The highest BCUT2D eigenvalue weighted by Gasteiger charge is 2.52. The first-order chi connectivity index (χ1) is 34.7. The van der Waals surface area contributed by atoms with Gasteiger partial charge in [0.15, 0.2) is 36.5 Å². The number of ketones is 2. The first-order valence-electron chi connectivity index (χ1n) is 24.9. The fourth-order valence-corrected chi connectivity index (χ4v) is 11.0. The van der Waals surface area contributed by atoms with Crippen molar-refractivity contribution in [1.82, 2.24) is 0 Å². The number of methoxy groups -OCH3 is 2. The van der Waals surface area contributed by atoms with Gasteiger partial charge in [0.05, 0.1) is 53.7 Å². The Morgan fingerprint density at radius 3 is 1.99 bits per heavy atom. The highest BCUT2D eigenvalue weighted by atomic mass is 16.7. The molecule has 21 unspecified atom stereocenters. The van der Waals surface area contributed by atoms with E-state index in [4.69, 9.17) is 56.8 Å². The third-order valence-corrected chi connectivity index (χ3v) is 14.7. The second-order valence-electron chi connectivity index (χ2n) is 20.4. The van der Waals surface area contributed by atoms with Gasteiger partial charge in [-0.05, 0) is 78.0 Å². The molecular formula is C51H72O23. The van der Waals surface area contributed by atoms with Crippen LogP contribution in [0.25, 0.3) is 10.8 Å². The number of phenols is 2. The van der Waals surface area contributed by atoms with E-state index >= 15 is 0 Å². The summed E-state index contributed by atoms with van der Waals surface area (Å²) in [4.78, 5) is 53.0. The van der Waals surface area contributed by atoms with Gasteiger partial charge in [-0.25, -0.2) is 0 Å². The van der Waals surface area contributed by atoms with Gasteiger partial charge in [0.25, 0.3) is 0 Å². The van der Waals surface area contributed by atoms with Crippen LogP contribution in [0, 0.1) is 12.8 Å². The van der Waals surface area contributed by atoms with Gasteiger partial charge < -0.3 is 92.6 Å². The van der Waals surface area contributed by atoms with Crippen LogP contribution in [0.1, 0.15) is 103 Å². The van der Waals surface area contributed by atoms with E-state index in [1.807, 2.05) is 0 Å². The highest BCUT2D eigenvalue weighted by Crippen LogP contribution is 2.47. The molecule has 1 aliphatic carbocycles. The second kappa shape index (κ2) is 23.2. The number of aliphatic hydroxyl groups is 5. The number of hydrogen-bond donors (Lipinski definition) is 7. The number of ether oxygens (including phenoxy) is 12. The average molecular weight is 1050 g/mol. The van der Waals surface area contributed by atoms with Crippen LogP contribution in [0.4, 0.5) is 0 Å². The summed E-state index contributed by atoms with van der Waals surface area (Å²) in [5.74, 6) is -5.27. The summed E-state index contributed by atoms with van der Waals surface area (Å²) in [7, 11) is 2.65. The van der Waals surface area contributed by atoms with Crippen molar-refractivity contribution in [1.29, 1.82) is 0 Å². The maximum atomic E-state index is 15.0. The minimum Gasteiger partial charge on any atom is -0.507 e. The van der Waals surface area contributed by atoms with Gasteiger partial charge in [0.2, 0.25) is 6.29 Å². The van der Waals surface area contributed by atoms with Gasteiger partial charge in [-0.1, -0.05) is 0 Å². The molecule has 2 aromatic rings. The number of fused-ring (bicyclic) bond motifs is 2. The Bertz CT molecular complexity index is 2340. The summed E-state index contributed by atoms with van der Waals surface area (Å²) in [5, 5.41) is 78.2. The Morgan fingerprint density at radius 1 is 0.770 bits per heavy atom. The number of esters is 2. The predicted molar refractivity (Wildman–Crippen MR) is 253 cm³/mol. The quantitative estimate of drug-likeness (QED) is 0.118. The maximum absolute atomic E-state index is 15.0. The Hall–Kier alpha value is -4.18. The van der Waals surface area contributed by atoms with E-state index in [9.17, 15) is 54.9 Å². The van der Waals surface area contributed by atoms with Crippen molar-refractivity contribution >= 4 is 34.3 Å². The van der Waals surface area contributed by atoms with Crippen LogP contribution in [0.15, 0.2) is 12.1 Å². The summed E-state index contributed by atoms with van der Waals surface area (Å²) in [5.41, 5.74) is -1.51. The zero-order valence-electron chi connectivity index (χ0n) is 43.4. The van der Waals surface area contributed by atoms with E-state index in [0.29, 0.717) is 0 Å². The lowest BCUT2D eigenvalue weighted by molar-refractivity contribution is -0.321. The van der Waals surface area contributed by atoms with E-state index in [2.05, 4.69) is 0 Å². The van der Waals surface area contributed by atoms with E-state index < -0.39 is 163 Å². The van der Waals surface area contributed by atoms with Crippen molar-refractivity contribution in [3.05, 3.63) is 28.8 Å². The molecule has 21 atom stereocenters. The predicted octanol–water partition coefficient (Wildman–Crippen LogP) is 1.67. The third kappa shape index (κ3) is 12.0. The Kier molecular flexibility index (Phi) is 18.0. The van der Waals surface area contributed by atoms with Crippen LogP contribution in [-0.4, -0.2) is 196 Å². The maximum Gasteiger partial charge on any atom is 0.303 e. The second-order valence-corrected chi connectivity index (χ2v) is 20.4. The van der Waals surface area contributed by atoms with Crippen LogP contribution in [0.3, 0.4) is 0 Å². The van der Waals surface area contributed by atoms with Gasteiger partial charge >= 0.3 is 11.9 Å². The van der Waals surface area contributed by atoms with E-state index in [1.165, 1.54) is 67.9 Å². The number of benzene rings is 2. The van der Waals surface area contributed by atoms with Gasteiger partial charge in [-0.15, -0.1) is 0 Å². The third-order valence-electron chi connectivity index (χ3n) is 14.7. The molecule has 0 amide bonds. The number of carbonyl (C=O) groups is 4. The summed E-state index contributed by atoms with van der Waals surface area (Å²) in [6.45, 7) is 13.2. The van der Waals surface area contributed by atoms with Crippen molar-refractivity contribution in [3.63, 3.8) is 0 Å². The molecule has 0 saturated carbocycles. The molecule has 0 aromatic heterocycles. The Morgan fingerprint density at radius 2 is 1.38 bits per heavy atom. The molecule has 5 aliphatic rings. The molecule has 23 heteroatoms. The largest absolute Gasteiger partial charge is 0.507 e. The molecule has 414 valence electrons. The van der Waals surface area contributed by atoms with E-state index in [-0.39, 0.29) is 65.3 Å². The minimum absolute atomic E-state index is 0.0425. The molecular weight excluding hydrogens is 981 g/mol. The number of rotatable bonds is 16. The van der Waals surface area contributed by atoms with Crippen molar-refractivity contribution in [2.24, 2.45) is 5.92 Å². The molecule has 7 rings (SSSR count). The van der Waals surface area contributed by atoms with Crippen molar-refractivity contribution in [2.45, 2.75) is 217 Å². The average Bonchev–Trinajstić information content (AvgIpc) is 3.30. The summed E-state index contributed by atoms with van der Waals surface area (Å²) in [6, 6.07) is 3.04. The summed E-state index contributed by atoms with van der Waals surface area (Å²) >= 11 is 0. The standard InChI is InChI=1S/C51H72O23/c1-19-31(71-35-17-33(69-25(7)53)47(23(5)67-35)73-34-15-30(55)46(63-10)22(4)66-34)14-28-12-27-13-29(48(64-11)45(61)41(57)20(2)52)49(44(60)39(27)43(59)38(28)40(19)56)74-36-16-32(42(58)21(3)65-36)72-37-18-51(9,62)50(24(6)68-37)70-26(8)54/h12,14,20-24,29-30,32-37,41-42,46-50,52,55-59,62H,13,15-18H2,1-11H3.